The second-order valence-electron chi connectivity index (χ2n) is 6.73. The van der Waals surface area contributed by atoms with Gasteiger partial charge < -0.3 is 4.42 Å². The number of aryl methyl sites for hydroxylation is 2. The molecule has 8 heteroatoms. The van der Waals surface area contributed by atoms with E-state index in [9.17, 15) is 9.59 Å². The van der Waals surface area contributed by atoms with Crippen molar-refractivity contribution < 1.29 is 13.8 Å². The average molecular weight is 468 g/mol. The Balaban J connectivity index is 1.70. The van der Waals surface area contributed by atoms with Crippen LogP contribution in [0, 0.1) is 0 Å². The monoisotopic (exact) mass is 467 g/mol. The van der Waals surface area contributed by atoms with Crippen molar-refractivity contribution in [3.05, 3.63) is 74.0 Å². The minimum Gasteiger partial charge on any atom is -0.451 e. The molecular formula is C22H18BrN3O4. The van der Waals surface area contributed by atoms with Gasteiger partial charge in [0.15, 0.2) is 16.9 Å². The molecule has 0 saturated carbocycles. The van der Waals surface area contributed by atoms with E-state index in [1.807, 2.05) is 19.1 Å². The molecule has 30 heavy (non-hydrogen) atoms. The highest BCUT2D eigenvalue weighted by atomic mass is 79.9. The van der Waals surface area contributed by atoms with E-state index >= 15 is 0 Å². The molecule has 2 aromatic heterocycles. The van der Waals surface area contributed by atoms with E-state index in [0.717, 1.165) is 40.1 Å². The van der Waals surface area contributed by atoms with Crippen molar-refractivity contribution in [1.29, 1.82) is 0 Å². The van der Waals surface area contributed by atoms with E-state index < -0.39 is 5.91 Å². The first kappa shape index (κ1) is 20.0. The Kier molecular flexibility index (Phi) is 5.50. The van der Waals surface area contributed by atoms with Crippen LogP contribution < -0.4 is 10.7 Å². The Hall–Kier alpha value is -3.26. The molecule has 1 N–H and O–H groups in total. The van der Waals surface area contributed by atoms with Crippen LogP contribution in [0.25, 0.3) is 22.2 Å². The van der Waals surface area contributed by atoms with Crippen LogP contribution >= 0.6 is 15.9 Å². The zero-order valence-corrected chi connectivity index (χ0v) is 17.9. The fourth-order valence-corrected chi connectivity index (χ4v) is 3.59. The first-order valence-electron chi connectivity index (χ1n) is 9.49. The zero-order chi connectivity index (χ0) is 21.3. The van der Waals surface area contributed by atoms with Crippen molar-refractivity contribution >= 4 is 38.6 Å². The molecule has 0 unspecified atom stereocenters. The number of nitrogens with zero attached hydrogens (tertiary/aromatic N) is 2. The minimum atomic E-state index is -0.612. The second kappa shape index (κ2) is 8.23. The van der Waals surface area contributed by atoms with Gasteiger partial charge in [0.1, 0.15) is 5.58 Å². The number of aromatic nitrogens is 2. The summed E-state index contributed by atoms with van der Waals surface area (Å²) < 4.78 is 11.3. The number of nitrogens with one attached hydrogen (secondary N) is 1. The van der Waals surface area contributed by atoms with Crippen molar-refractivity contribution in [2.45, 2.75) is 26.7 Å². The lowest BCUT2D eigenvalue weighted by molar-refractivity contribution is 0.0996. The first-order chi connectivity index (χ1) is 14.5. The van der Waals surface area contributed by atoms with Crippen molar-refractivity contribution in [3.8, 4) is 11.3 Å². The molecule has 0 fully saturated rings. The van der Waals surface area contributed by atoms with Crippen LogP contribution in [0.15, 0.2) is 60.8 Å². The highest BCUT2D eigenvalue weighted by molar-refractivity contribution is 9.10. The van der Waals surface area contributed by atoms with Gasteiger partial charge in [-0.3, -0.25) is 14.9 Å². The van der Waals surface area contributed by atoms with Gasteiger partial charge >= 0.3 is 0 Å². The number of rotatable bonds is 5. The van der Waals surface area contributed by atoms with Crippen molar-refractivity contribution in [1.82, 2.24) is 10.3 Å². The second-order valence-corrected chi connectivity index (χ2v) is 7.65. The number of hydrogen-bond donors (Lipinski definition) is 1. The third-order valence-corrected chi connectivity index (χ3v) is 5.35. The Morgan fingerprint density at radius 1 is 1.07 bits per heavy atom. The van der Waals surface area contributed by atoms with Crippen LogP contribution in [0.1, 0.15) is 35.5 Å². The zero-order valence-electron chi connectivity index (χ0n) is 16.4. The summed E-state index contributed by atoms with van der Waals surface area (Å²) in [6, 6.07) is 12.3. The number of anilines is 1. The summed E-state index contributed by atoms with van der Waals surface area (Å²) in [5.41, 5.74) is 3.47. The Morgan fingerprint density at radius 3 is 2.67 bits per heavy atom. The maximum atomic E-state index is 12.8. The maximum Gasteiger partial charge on any atom is 0.292 e. The van der Waals surface area contributed by atoms with E-state index in [2.05, 4.69) is 44.6 Å². The molecular weight excluding hydrogens is 450 g/mol. The van der Waals surface area contributed by atoms with Gasteiger partial charge in [0, 0.05) is 16.1 Å². The highest BCUT2D eigenvalue weighted by Gasteiger charge is 2.20. The number of benzene rings is 2. The minimum absolute atomic E-state index is 0.123. The molecule has 4 aromatic rings. The summed E-state index contributed by atoms with van der Waals surface area (Å²) in [7, 11) is 0. The Bertz CT molecular complexity index is 1310. The predicted molar refractivity (Wildman–Crippen MR) is 117 cm³/mol. The lowest BCUT2D eigenvalue weighted by Crippen LogP contribution is -2.15. The molecule has 2 aromatic carbocycles. The number of fused-ring (bicyclic) bond motifs is 1. The fraction of sp³-hybridized carbons (Fsp3) is 0.182. The van der Waals surface area contributed by atoms with E-state index in [4.69, 9.17) is 9.05 Å². The van der Waals surface area contributed by atoms with Crippen LogP contribution in [-0.4, -0.2) is 16.2 Å². The molecule has 0 aliphatic carbocycles. The summed E-state index contributed by atoms with van der Waals surface area (Å²) >= 11 is 3.32. The topological polar surface area (TPSA) is 98.2 Å². The fourth-order valence-electron chi connectivity index (χ4n) is 3.23. The Morgan fingerprint density at radius 2 is 1.90 bits per heavy atom. The lowest BCUT2D eigenvalue weighted by atomic mass is 9.98. The molecule has 0 atom stereocenters. The smallest absolute Gasteiger partial charge is 0.292 e. The summed E-state index contributed by atoms with van der Waals surface area (Å²) in [5.74, 6) is -0.568. The molecule has 7 nitrogen and oxygen atoms in total. The van der Waals surface area contributed by atoms with Crippen molar-refractivity contribution in [3.63, 3.8) is 0 Å². The molecule has 0 radical (unpaired) electrons. The average Bonchev–Trinajstić information content (AvgIpc) is 3.21. The molecule has 0 aliphatic heterocycles. The van der Waals surface area contributed by atoms with Crippen LogP contribution in [0.2, 0.25) is 0 Å². The largest absolute Gasteiger partial charge is 0.451 e. The maximum absolute atomic E-state index is 12.8. The molecule has 152 valence electrons. The quantitative estimate of drug-likeness (QED) is 0.444. The molecule has 2 heterocycles. The van der Waals surface area contributed by atoms with Crippen LogP contribution in [0.5, 0.6) is 0 Å². The number of carbonyl (C=O) groups excluding carboxylic acids is 1. The van der Waals surface area contributed by atoms with E-state index in [1.54, 1.807) is 18.2 Å². The SMILES string of the molecule is CCc1ccc(CC)c(-c2nonc2NC(=O)c2cc(=O)c3cc(Br)ccc3o2)c1. The summed E-state index contributed by atoms with van der Waals surface area (Å²) in [4.78, 5) is 25.2. The van der Waals surface area contributed by atoms with Gasteiger partial charge in [0.25, 0.3) is 5.91 Å². The summed E-state index contributed by atoms with van der Waals surface area (Å²) in [6.45, 7) is 4.10. The van der Waals surface area contributed by atoms with Crippen molar-refractivity contribution in [2.75, 3.05) is 5.32 Å². The van der Waals surface area contributed by atoms with Gasteiger partial charge in [-0.1, -0.05) is 41.9 Å². The van der Waals surface area contributed by atoms with Gasteiger partial charge in [0.2, 0.25) is 5.82 Å². The standard InChI is InChI=1S/C22H18BrN3O4/c1-3-12-5-6-13(4-2)15(9-12)20-21(26-30-25-20)24-22(28)19-11-17(27)16-10-14(23)7-8-18(16)29-19/h5-11H,3-4H2,1-2H3,(H,24,26,28). The molecule has 0 bridgehead atoms. The van der Waals surface area contributed by atoms with E-state index in [0.29, 0.717) is 16.7 Å². The molecule has 4 rings (SSSR count). The molecule has 0 aliphatic rings. The Labute approximate surface area is 180 Å². The van der Waals surface area contributed by atoms with Crippen LogP contribution in [-0.2, 0) is 12.8 Å². The predicted octanol–water partition coefficient (Wildman–Crippen LogP) is 4.98. The number of carbonyl (C=O) groups is 1. The van der Waals surface area contributed by atoms with Crippen LogP contribution in [0.3, 0.4) is 0 Å². The molecule has 1 amide bonds. The highest BCUT2D eigenvalue weighted by Crippen LogP contribution is 2.30. The third kappa shape index (κ3) is 3.78. The number of halogens is 1. The molecule has 0 saturated heterocycles. The van der Waals surface area contributed by atoms with Gasteiger partial charge in [-0.2, -0.15) is 0 Å². The first-order valence-corrected chi connectivity index (χ1v) is 10.3. The number of amides is 1. The van der Waals surface area contributed by atoms with E-state index in [-0.39, 0.29) is 17.0 Å². The molecule has 0 spiro atoms. The van der Waals surface area contributed by atoms with Gasteiger partial charge in [-0.25, -0.2) is 4.63 Å². The summed E-state index contributed by atoms with van der Waals surface area (Å²) in [6.07, 6.45) is 1.65. The lowest BCUT2D eigenvalue weighted by Gasteiger charge is -2.09. The van der Waals surface area contributed by atoms with Gasteiger partial charge in [-0.05, 0) is 58.5 Å². The summed E-state index contributed by atoms with van der Waals surface area (Å²) in [5, 5.41) is 10.9. The van der Waals surface area contributed by atoms with Crippen molar-refractivity contribution in [2.24, 2.45) is 0 Å². The number of hydrogen-bond acceptors (Lipinski definition) is 6. The normalized spacial score (nSPS) is 11.0. The van der Waals surface area contributed by atoms with Gasteiger partial charge in [-0.15, -0.1) is 0 Å². The van der Waals surface area contributed by atoms with E-state index in [1.165, 1.54) is 0 Å². The van der Waals surface area contributed by atoms with Crippen LogP contribution in [0.4, 0.5) is 5.82 Å². The third-order valence-electron chi connectivity index (χ3n) is 4.85. The van der Waals surface area contributed by atoms with Gasteiger partial charge in [0.05, 0.1) is 5.39 Å².